The van der Waals surface area contributed by atoms with Gasteiger partial charge in [-0.05, 0) is 25.7 Å². The molecule has 4 amide bonds. The molecule has 0 atom stereocenters. The third-order valence-electron chi connectivity index (χ3n) is 5.72. The predicted octanol–water partition coefficient (Wildman–Crippen LogP) is 1.22. The van der Waals surface area contributed by atoms with E-state index in [1.807, 2.05) is 20.8 Å². The number of aryl methyl sites for hydroxylation is 1. The fourth-order valence-corrected chi connectivity index (χ4v) is 4.17. The first kappa shape index (κ1) is 18.4. The molecule has 148 valence electrons. The zero-order valence-corrected chi connectivity index (χ0v) is 16.3. The van der Waals surface area contributed by atoms with Gasteiger partial charge in [0.1, 0.15) is 5.54 Å². The van der Waals surface area contributed by atoms with E-state index in [4.69, 9.17) is 0 Å². The van der Waals surface area contributed by atoms with Crippen LogP contribution in [-0.4, -0.2) is 67.4 Å². The van der Waals surface area contributed by atoms with Gasteiger partial charge < -0.3 is 9.80 Å². The maximum atomic E-state index is 13.1. The van der Waals surface area contributed by atoms with Crippen LogP contribution in [0.5, 0.6) is 0 Å². The van der Waals surface area contributed by atoms with Crippen LogP contribution in [0.4, 0.5) is 4.79 Å². The number of urea groups is 1. The fourth-order valence-electron chi connectivity index (χ4n) is 4.17. The second kappa shape index (κ2) is 6.57. The van der Waals surface area contributed by atoms with Gasteiger partial charge in [0.25, 0.3) is 11.8 Å². The van der Waals surface area contributed by atoms with Gasteiger partial charge in [-0.25, -0.2) is 14.3 Å². The topological polar surface area (TPSA) is 99.9 Å². The van der Waals surface area contributed by atoms with Crippen molar-refractivity contribution in [3.8, 4) is 0 Å². The molecule has 9 heteroatoms. The van der Waals surface area contributed by atoms with Crippen LogP contribution in [0.15, 0.2) is 18.5 Å². The van der Waals surface area contributed by atoms with Crippen LogP contribution in [0.1, 0.15) is 42.7 Å². The first-order valence-corrected chi connectivity index (χ1v) is 9.55. The van der Waals surface area contributed by atoms with E-state index < -0.39 is 5.54 Å². The van der Waals surface area contributed by atoms with Gasteiger partial charge in [0, 0.05) is 31.9 Å². The van der Waals surface area contributed by atoms with E-state index in [1.165, 1.54) is 0 Å². The first-order valence-electron chi connectivity index (χ1n) is 9.55. The Kier molecular flexibility index (Phi) is 4.32. The fraction of sp³-hybridized carbons (Fsp3) is 0.526. The Balaban J connectivity index is 1.54. The van der Waals surface area contributed by atoms with E-state index >= 15 is 0 Å². The summed E-state index contributed by atoms with van der Waals surface area (Å²) in [5.74, 6) is -0.124. The minimum Gasteiger partial charge on any atom is -0.338 e. The predicted molar refractivity (Wildman–Crippen MR) is 101 cm³/mol. The number of carbonyl (C=O) groups excluding carboxylic acids is 3. The summed E-state index contributed by atoms with van der Waals surface area (Å²) in [7, 11) is 0. The van der Waals surface area contributed by atoms with Crippen LogP contribution >= 0.6 is 0 Å². The molecule has 1 spiro atoms. The number of likely N-dealkylation sites (tertiary alicyclic amines) is 1. The van der Waals surface area contributed by atoms with Crippen molar-refractivity contribution in [1.82, 2.24) is 29.7 Å². The van der Waals surface area contributed by atoms with Crippen molar-refractivity contribution in [1.29, 1.82) is 0 Å². The average molecular weight is 384 g/mol. The van der Waals surface area contributed by atoms with Gasteiger partial charge in [-0.2, -0.15) is 5.10 Å². The molecule has 1 N–H and O–H groups in total. The van der Waals surface area contributed by atoms with Crippen molar-refractivity contribution in [2.24, 2.45) is 5.92 Å². The molecule has 9 nitrogen and oxygen atoms in total. The zero-order chi connectivity index (χ0) is 20.1. The number of rotatable bonds is 3. The van der Waals surface area contributed by atoms with Gasteiger partial charge >= 0.3 is 6.03 Å². The Morgan fingerprint density at radius 1 is 1.29 bits per heavy atom. The summed E-state index contributed by atoms with van der Waals surface area (Å²) in [5, 5.41) is 6.66. The van der Waals surface area contributed by atoms with Crippen LogP contribution in [0.3, 0.4) is 0 Å². The Labute approximate surface area is 162 Å². The second-order valence-corrected chi connectivity index (χ2v) is 7.95. The molecular formula is C19H24N6O3. The normalized spacial score (nSPS) is 19.1. The van der Waals surface area contributed by atoms with Gasteiger partial charge in [-0.3, -0.25) is 14.9 Å². The summed E-state index contributed by atoms with van der Waals surface area (Å²) in [6, 6.07) is 1.45. The molecule has 0 aromatic carbocycles. The molecule has 2 aromatic rings. The highest BCUT2D eigenvalue weighted by atomic mass is 16.2. The molecule has 2 aromatic heterocycles. The van der Waals surface area contributed by atoms with E-state index in [0.29, 0.717) is 43.7 Å². The second-order valence-electron chi connectivity index (χ2n) is 7.95. The number of nitrogens with zero attached hydrogens (tertiary/aromatic N) is 5. The van der Waals surface area contributed by atoms with Crippen LogP contribution in [0.2, 0.25) is 0 Å². The number of piperidine rings is 1. The molecule has 2 aliphatic heterocycles. The van der Waals surface area contributed by atoms with Gasteiger partial charge in [0.05, 0.1) is 17.5 Å². The molecule has 2 saturated heterocycles. The number of hydrogen-bond donors (Lipinski definition) is 1. The maximum Gasteiger partial charge on any atom is 0.325 e. The molecule has 0 radical (unpaired) electrons. The lowest BCUT2D eigenvalue weighted by molar-refractivity contribution is -0.129. The van der Waals surface area contributed by atoms with Gasteiger partial charge in [0.15, 0.2) is 5.65 Å². The lowest BCUT2D eigenvalue weighted by Gasteiger charge is -2.42. The standard InChI is InChI=1S/C19H24N6O3/c1-12(2)11-24-18(28)22-17(27)19(24)5-8-23(9-6-19)16(26)14-10-20-15-4-7-21-25(15)13(14)3/h4,7,10,12H,5-6,8-9,11H2,1-3H3,(H,22,27,28). The molecule has 0 bridgehead atoms. The smallest absolute Gasteiger partial charge is 0.325 e. The van der Waals surface area contributed by atoms with E-state index in [-0.39, 0.29) is 23.8 Å². The summed E-state index contributed by atoms with van der Waals surface area (Å²) in [4.78, 5) is 45.6. The number of fused-ring (bicyclic) bond motifs is 1. The van der Waals surface area contributed by atoms with Crippen LogP contribution in [0, 0.1) is 12.8 Å². The highest BCUT2D eigenvalue weighted by Crippen LogP contribution is 2.34. The Morgan fingerprint density at radius 2 is 2.00 bits per heavy atom. The van der Waals surface area contributed by atoms with Crippen molar-refractivity contribution < 1.29 is 14.4 Å². The van der Waals surface area contributed by atoms with Crippen molar-refractivity contribution in [2.45, 2.75) is 39.2 Å². The summed E-state index contributed by atoms with van der Waals surface area (Å²) < 4.78 is 1.64. The monoisotopic (exact) mass is 384 g/mol. The molecule has 2 fully saturated rings. The maximum absolute atomic E-state index is 13.1. The third-order valence-corrected chi connectivity index (χ3v) is 5.72. The first-order chi connectivity index (χ1) is 13.3. The molecule has 2 aliphatic rings. The summed E-state index contributed by atoms with van der Waals surface area (Å²) in [5.41, 5.74) is 1.07. The minimum absolute atomic E-state index is 0.127. The van der Waals surface area contributed by atoms with Crippen molar-refractivity contribution in [3.05, 3.63) is 29.7 Å². The minimum atomic E-state index is -0.850. The van der Waals surface area contributed by atoms with E-state index in [2.05, 4.69) is 15.4 Å². The van der Waals surface area contributed by atoms with E-state index in [1.54, 1.807) is 32.8 Å². The molecule has 0 unspecified atom stereocenters. The Bertz CT molecular complexity index is 958. The lowest BCUT2D eigenvalue weighted by Crippen LogP contribution is -2.58. The molecule has 4 rings (SSSR count). The number of amides is 4. The summed E-state index contributed by atoms with van der Waals surface area (Å²) in [6.07, 6.45) is 4.09. The zero-order valence-electron chi connectivity index (χ0n) is 16.3. The van der Waals surface area contributed by atoms with Gasteiger partial charge in [-0.15, -0.1) is 0 Å². The van der Waals surface area contributed by atoms with Crippen LogP contribution in [-0.2, 0) is 4.79 Å². The molecular weight excluding hydrogens is 360 g/mol. The van der Waals surface area contributed by atoms with Crippen molar-refractivity contribution in [3.63, 3.8) is 0 Å². The summed E-state index contributed by atoms with van der Waals surface area (Å²) in [6.45, 7) is 7.21. The number of nitrogens with one attached hydrogen (secondary N) is 1. The molecule has 4 heterocycles. The molecule has 0 aliphatic carbocycles. The van der Waals surface area contributed by atoms with Crippen molar-refractivity contribution >= 4 is 23.5 Å². The van der Waals surface area contributed by atoms with Crippen LogP contribution < -0.4 is 5.32 Å². The third kappa shape index (κ3) is 2.73. The number of carbonyl (C=O) groups is 3. The molecule has 28 heavy (non-hydrogen) atoms. The van der Waals surface area contributed by atoms with Crippen molar-refractivity contribution in [2.75, 3.05) is 19.6 Å². The van der Waals surface area contributed by atoms with Gasteiger partial charge in [0.2, 0.25) is 0 Å². The number of aromatic nitrogens is 3. The Hall–Kier alpha value is -2.97. The van der Waals surface area contributed by atoms with Gasteiger partial charge in [-0.1, -0.05) is 13.8 Å². The van der Waals surface area contributed by atoms with E-state index in [9.17, 15) is 14.4 Å². The number of hydrogen-bond acceptors (Lipinski definition) is 5. The molecule has 0 saturated carbocycles. The lowest BCUT2D eigenvalue weighted by atomic mass is 9.85. The van der Waals surface area contributed by atoms with E-state index in [0.717, 1.165) is 5.69 Å². The highest BCUT2D eigenvalue weighted by Gasteiger charge is 2.54. The summed E-state index contributed by atoms with van der Waals surface area (Å²) >= 11 is 0. The van der Waals surface area contributed by atoms with Crippen LogP contribution in [0.25, 0.3) is 5.65 Å². The SMILES string of the molecule is Cc1c(C(=O)N2CCC3(CC2)C(=O)NC(=O)N3CC(C)C)cnc2ccnn12. The average Bonchev–Trinajstić information content (AvgIpc) is 3.22. The largest absolute Gasteiger partial charge is 0.338 e. The Morgan fingerprint density at radius 3 is 2.68 bits per heavy atom. The quantitative estimate of drug-likeness (QED) is 0.802. The number of imide groups is 1. The highest BCUT2D eigenvalue weighted by molar-refractivity contribution is 6.07.